The molecule has 0 amide bonds. The van der Waals surface area contributed by atoms with E-state index in [0.29, 0.717) is 22.0 Å². The first-order chi connectivity index (χ1) is 14.8. The minimum atomic E-state index is -2.60. The maximum Gasteiger partial charge on any atom is 0.124 e. The van der Waals surface area contributed by atoms with Crippen molar-refractivity contribution in [1.82, 2.24) is 4.98 Å². The Morgan fingerprint density at radius 3 is 2.55 bits per heavy atom. The van der Waals surface area contributed by atoms with Gasteiger partial charge in [0.25, 0.3) is 0 Å². The Balaban J connectivity index is 1.76. The SMILES string of the molecule is COc1cc(O)cc(Nc2ccnc3ccc(N=S(C)(=O)c4ccc(C)cc4)cc23)c1. The van der Waals surface area contributed by atoms with Crippen LogP contribution in [0.1, 0.15) is 5.56 Å². The number of fused-ring (bicyclic) bond motifs is 1. The van der Waals surface area contributed by atoms with Gasteiger partial charge in [-0.1, -0.05) is 17.7 Å². The number of aromatic hydroxyl groups is 1. The lowest BCUT2D eigenvalue weighted by Crippen LogP contribution is -1.97. The number of benzene rings is 3. The van der Waals surface area contributed by atoms with Crippen LogP contribution in [0.5, 0.6) is 11.5 Å². The van der Waals surface area contributed by atoms with Crippen LogP contribution in [0.4, 0.5) is 17.1 Å². The van der Waals surface area contributed by atoms with Crippen molar-refractivity contribution in [2.75, 3.05) is 18.7 Å². The lowest BCUT2D eigenvalue weighted by Gasteiger charge is -2.12. The van der Waals surface area contributed by atoms with Gasteiger partial charge in [0.15, 0.2) is 0 Å². The number of hydrogen-bond acceptors (Lipinski definition) is 6. The Hall–Kier alpha value is -3.58. The van der Waals surface area contributed by atoms with Crippen LogP contribution < -0.4 is 10.1 Å². The highest BCUT2D eigenvalue weighted by Crippen LogP contribution is 2.32. The van der Waals surface area contributed by atoms with Crippen LogP contribution in [-0.2, 0) is 9.73 Å². The molecule has 0 saturated carbocycles. The van der Waals surface area contributed by atoms with Crippen molar-refractivity contribution < 1.29 is 14.1 Å². The molecule has 1 heterocycles. The normalized spacial score (nSPS) is 12.9. The Bertz CT molecular complexity index is 1370. The number of ether oxygens (including phenoxy) is 1. The van der Waals surface area contributed by atoms with Gasteiger partial charge in [0.1, 0.15) is 11.5 Å². The molecule has 4 rings (SSSR count). The molecule has 0 aliphatic heterocycles. The van der Waals surface area contributed by atoms with Crippen molar-refractivity contribution in [1.29, 1.82) is 0 Å². The van der Waals surface area contributed by atoms with Gasteiger partial charge in [-0.15, -0.1) is 0 Å². The molecule has 1 aromatic heterocycles. The predicted octanol–water partition coefficient (Wildman–Crippen LogP) is 5.79. The Kier molecular flexibility index (Phi) is 5.52. The number of nitrogens with zero attached hydrogens (tertiary/aromatic N) is 2. The van der Waals surface area contributed by atoms with Gasteiger partial charge in [-0.05, 0) is 43.3 Å². The molecule has 6 nitrogen and oxygen atoms in total. The summed E-state index contributed by atoms with van der Waals surface area (Å²) >= 11 is 0. The highest BCUT2D eigenvalue weighted by Gasteiger charge is 2.09. The number of phenolic OH excluding ortho intramolecular Hbond substituents is 1. The van der Waals surface area contributed by atoms with E-state index in [9.17, 15) is 9.32 Å². The van der Waals surface area contributed by atoms with Crippen LogP contribution in [0.15, 0.2) is 82.2 Å². The standard InChI is InChI=1S/C24H23N3O3S/c1-16-4-7-21(8-5-16)31(3,29)27-17-6-9-23-22(14-17)24(10-11-25-23)26-18-12-19(28)15-20(13-18)30-2/h4-15,28H,1-3H3,(H,25,26). The largest absolute Gasteiger partial charge is 0.508 e. The summed E-state index contributed by atoms with van der Waals surface area (Å²) in [4.78, 5) is 5.10. The third kappa shape index (κ3) is 4.62. The number of rotatable bonds is 5. The summed E-state index contributed by atoms with van der Waals surface area (Å²) in [5, 5.41) is 14.1. The quantitative estimate of drug-likeness (QED) is 0.416. The lowest BCUT2D eigenvalue weighted by atomic mass is 10.1. The molecular weight excluding hydrogens is 410 g/mol. The number of hydrogen-bond donors (Lipinski definition) is 2. The van der Waals surface area contributed by atoms with Crippen molar-refractivity contribution in [2.45, 2.75) is 11.8 Å². The predicted molar refractivity (Wildman–Crippen MR) is 125 cm³/mol. The highest BCUT2D eigenvalue weighted by atomic mass is 32.2. The summed E-state index contributed by atoms with van der Waals surface area (Å²) in [7, 11) is -1.05. The zero-order valence-corrected chi connectivity index (χ0v) is 18.3. The van der Waals surface area contributed by atoms with E-state index < -0.39 is 9.73 Å². The molecule has 4 aromatic rings. The van der Waals surface area contributed by atoms with Crippen LogP contribution in [0.25, 0.3) is 10.9 Å². The van der Waals surface area contributed by atoms with Crippen LogP contribution >= 0.6 is 0 Å². The summed E-state index contributed by atoms with van der Waals surface area (Å²) in [6, 6.07) is 19.9. The highest BCUT2D eigenvalue weighted by molar-refractivity contribution is 7.93. The first-order valence-corrected chi connectivity index (χ1v) is 11.6. The van der Waals surface area contributed by atoms with E-state index in [-0.39, 0.29) is 5.75 Å². The topological polar surface area (TPSA) is 83.8 Å². The van der Waals surface area contributed by atoms with E-state index in [4.69, 9.17) is 4.74 Å². The van der Waals surface area contributed by atoms with Crippen LogP contribution in [0, 0.1) is 6.92 Å². The smallest absolute Gasteiger partial charge is 0.124 e. The molecule has 31 heavy (non-hydrogen) atoms. The van der Waals surface area contributed by atoms with Gasteiger partial charge in [0.05, 0.1) is 28.0 Å². The van der Waals surface area contributed by atoms with Gasteiger partial charge >= 0.3 is 0 Å². The fourth-order valence-electron chi connectivity index (χ4n) is 3.27. The molecule has 0 aliphatic rings. The second kappa shape index (κ2) is 8.28. The molecule has 0 fully saturated rings. The average Bonchev–Trinajstić information content (AvgIpc) is 2.74. The second-order valence-corrected chi connectivity index (χ2v) is 9.57. The third-order valence-corrected chi connectivity index (χ3v) is 6.58. The minimum Gasteiger partial charge on any atom is -0.508 e. The molecule has 0 aliphatic carbocycles. The maximum atomic E-state index is 13.2. The van der Waals surface area contributed by atoms with E-state index in [0.717, 1.165) is 22.2 Å². The molecule has 0 bridgehead atoms. The molecule has 0 radical (unpaired) electrons. The third-order valence-electron chi connectivity index (χ3n) is 4.87. The van der Waals surface area contributed by atoms with Crippen molar-refractivity contribution >= 4 is 37.7 Å². The average molecular weight is 434 g/mol. The summed E-state index contributed by atoms with van der Waals surface area (Å²) in [5.41, 5.74) is 3.94. The summed E-state index contributed by atoms with van der Waals surface area (Å²) < 4.78 is 23.0. The molecule has 7 heteroatoms. The maximum absolute atomic E-state index is 13.2. The molecule has 3 aromatic carbocycles. The summed E-state index contributed by atoms with van der Waals surface area (Å²) in [6.07, 6.45) is 3.35. The second-order valence-electron chi connectivity index (χ2n) is 7.31. The number of methoxy groups -OCH3 is 1. The zero-order valence-electron chi connectivity index (χ0n) is 17.5. The summed E-state index contributed by atoms with van der Waals surface area (Å²) in [6.45, 7) is 1.99. The molecule has 1 atom stereocenters. The Morgan fingerprint density at radius 1 is 1.03 bits per heavy atom. The van der Waals surface area contributed by atoms with E-state index in [1.54, 1.807) is 31.7 Å². The van der Waals surface area contributed by atoms with Crippen LogP contribution in [0.2, 0.25) is 0 Å². The molecule has 2 N–H and O–H groups in total. The Morgan fingerprint density at radius 2 is 1.81 bits per heavy atom. The van der Waals surface area contributed by atoms with Gasteiger partial charge in [-0.2, -0.15) is 4.36 Å². The minimum absolute atomic E-state index is 0.0970. The number of phenols is 1. The van der Waals surface area contributed by atoms with E-state index in [1.165, 1.54) is 6.07 Å². The fraction of sp³-hybridized carbons (Fsp3) is 0.125. The van der Waals surface area contributed by atoms with E-state index in [1.807, 2.05) is 55.5 Å². The number of anilines is 2. The van der Waals surface area contributed by atoms with Gasteiger partial charge in [-0.25, -0.2) is 4.21 Å². The van der Waals surface area contributed by atoms with Gasteiger partial charge < -0.3 is 15.2 Å². The molecule has 158 valence electrons. The van der Waals surface area contributed by atoms with Crippen molar-refractivity contribution in [2.24, 2.45) is 4.36 Å². The van der Waals surface area contributed by atoms with Gasteiger partial charge in [0.2, 0.25) is 0 Å². The number of aromatic nitrogens is 1. The van der Waals surface area contributed by atoms with Crippen molar-refractivity contribution in [3.63, 3.8) is 0 Å². The van der Waals surface area contributed by atoms with E-state index >= 15 is 0 Å². The zero-order chi connectivity index (χ0) is 22.0. The number of aryl methyl sites for hydroxylation is 1. The molecule has 1 unspecified atom stereocenters. The van der Waals surface area contributed by atoms with Crippen molar-refractivity contribution in [3.05, 3.63) is 78.5 Å². The molecule has 0 spiro atoms. The van der Waals surface area contributed by atoms with Crippen LogP contribution in [-0.4, -0.2) is 27.7 Å². The van der Waals surface area contributed by atoms with Crippen LogP contribution in [0.3, 0.4) is 0 Å². The van der Waals surface area contributed by atoms with Gasteiger partial charge in [-0.3, -0.25) is 4.98 Å². The molecular formula is C24H23N3O3S. The van der Waals surface area contributed by atoms with Crippen molar-refractivity contribution in [3.8, 4) is 11.5 Å². The first-order valence-electron chi connectivity index (χ1n) is 9.67. The van der Waals surface area contributed by atoms with Gasteiger partial charge in [0, 0.05) is 52.3 Å². The first kappa shape index (κ1) is 20.7. The monoisotopic (exact) mass is 433 g/mol. The summed E-state index contributed by atoms with van der Waals surface area (Å²) in [5.74, 6) is 0.639. The number of nitrogens with one attached hydrogen (secondary N) is 1. The Labute approximate surface area is 181 Å². The number of pyridine rings is 1. The fourth-order valence-corrected chi connectivity index (χ4v) is 4.54. The molecule has 0 saturated heterocycles. The lowest BCUT2D eigenvalue weighted by molar-refractivity contribution is 0.408. The van der Waals surface area contributed by atoms with E-state index in [2.05, 4.69) is 14.7 Å².